The second-order valence-corrected chi connectivity index (χ2v) is 7.10. The van der Waals surface area contributed by atoms with E-state index in [9.17, 15) is 4.79 Å². The van der Waals surface area contributed by atoms with E-state index in [2.05, 4.69) is 10.1 Å². The lowest BCUT2D eigenvalue weighted by atomic mass is 9.97. The molecule has 0 saturated heterocycles. The van der Waals surface area contributed by atoms with Crippen LogP contribution in [0.1, 0.15) is 47.4 Å². The molecule has 0 unspecified atom stereocenters. The van der Waals surface area contributed by atoms with Gasteiger partial charge in [0.25, 0.3) is 5.89 Å². The van der Waals surface area contributed by atoms with Gasteiger partial charge in [0.2, 0.25) is 0 Å². The third-order valence-electron chi connectivity index (χ3n) is 4.88. The van der Waals surface area contributed by atoms with Gasteiger partial charge >= 0.3 is 0 Å². The number of nitrogens with two attached hydrogens (primary N) is 1. The molecule has 0 radical (unpaired) electrons. The van der Waals surface area contributed by atoms with Crippen LogP contribution in [0.2, 0.25) is 5.02 Å². The van der Waals surface area contributed by atoms with Gasteiger partial charge in [-0.25, -0.2) is 0 Å². The number of nitrogens with zero attached hydrogens (tertiary/aromatic N) is 2. The van der Waals surface area contributed by atoms with Gasteiger partial charge < -0.3 is 10.3 Å². The number of hydrogen-bond acceptors (Lipinski definition) is 5. The maximum absolute atomic E-state index is 12.9. The molecule has 140 valence electrons. The number of halogens is 2. The molecule has 0 aliphatic heterocycles. The quantitative estimate of drug-likeness (QED) is 0.634. The molecule has 0 spiro atoms. The highest BCUT2D eigenvalue weighted by Crippen LogP contribution is 2.36. The third-order valence-corrected chi connectivity index (χ3v) is 5.13. The van der Waals surface area contributed by atoms with Crippen LogP contribution in [0.15, 0.2) is 53.1 Å². The van der Waals surface area contributed by atoms with E-state index in [1.54, 1.807) is 36.4 Å². The van der Waals surface area contributed by atoms with E-state index in [0.717, 1.165) is 25.7 Å². The van der Waals surface area contributed by atoms with Gasteiger partial charge in [-0.15, -0.1) is 12.4 Å². The maximum atomic E-state index is 12.9. The first-order valence-corrected chi connectivity index (χ1v) is 8.97. The van der Waals surface area contributed by atoms with Crippen molar-refractivity contribution in [3.05, 3.63) is 70.5 Å². The molecule has 0 amide bonds. The number of carbonyl (C=O) groups is 1. The predicted octanol–water partition coefficient (Wildman–Crippen LogP) is 4.77. The summed E-state index contributed by atoms with van der Waals surface area (Å²) < 4.78 is 5.46. The Balaban J connectivity index is 0.00000210. The minimum Gasteiger partial charge on any atom is -0.334 e. The topological polar surface area (TPSA) is 82.0 Å². The summed E-state index contributed by atoms with van der Waals surface area (Å²) in [5, 5.41) is 4.68. The van der Waals surface area contributed by atoms with E-state index in [-0.39, 0.29) is 18.2 Å². The van der Waals surface area contributed by atoms with Crippen molar-refractivity contribution in [3.63, 3.8) is 0 Å². The van der Waals surface area contributed by atoms with Crippen LogP contribution in [0, 0.1) is 0 Å². The van der Waals surface area contributed by atoms with Crippen LogP contribution in [0.5, 0.6) is 0 Å². The van der Waals surface area contributed by atoms with Crippen LogP contribution in [-0.2, 0) is 5.54 Å². The average Bonchev–Trinajstić information content (AvgIpc) is 3.32. The fourth-order valence-corrected chi connectivity index (χ4v) is 3.51. The summed E-state index contributed by atoms with van der Waals surface area (Å²) in [6.45, 7) is 0. The molecule has 1 aromatic heterocycles. The van der Waals surface area contributed by atoms with Crippen LogP contribution in [0.3, 0.4) is 0 Å². The summed E-state index contributed by atoms with van der Waals surface area (Å²) in [5.41, 5.74) is 7.54. The van der Waals surface area contributed by atoms with Gasteiger partial charge in [0, 0.05) is 16.1 Å². The molecule has 2 N–H and O–H groups in total. The Hall–Kier alpha value is -2.21. The predicted molar refractivity (Wildman–Crippen MR) is 106 cm³/mol. The Morgan fingerprint density at radius 2 is 1.74 bits per heavy atom. The maximum Gasteiger partial charge on any atom is 0.258 e. The van der Waals surface area contributed by atoms with Crippen LogP contribution in [0.25, 0.3) is 11.5 Å². The van der Waals surface area contributed by atoms with Crippen molar-refractivity contribution in [3.8, 4) is 11.5 Å². The molecule has 3 aromatic rings. The normalized spacial score (nSPS) is 15.3. The Kier molecular flexibility index (Phi) is 5.65. The second kappa shape index (κ2) is 7.80. The standard InChI is InChI=1S/C20H18ClN3O2.ClH/c21-14-9-7-13(8-10-14)17(25)15-5-1-2-6-16(15)18-23-19(24-26-18)20(22)11-3-4-12-20;/h1-2,5-10H,3-4,11-12,22H2;1H. The molecule has 5 nitrogen and oxygen atoms in total. The van der Waals surface area contributed by atoms with Crippen LogP contribution in [-0.4, -0.2) is 15.9 Å². The molecule has 4 rings (SSSR count). The van der Waals surface area contributed by atoms with Crippen molar-refractivity contribution in [2.75, 3.05) is 0 Å². The van der Waals surface area contributed by atoms with Crippen molar-refractivity contribution < 1.29 is 9.32 Å². The first-order valence-electron chi connectivity index (χ1n) is 8.60. The lowest BCUT2D eigenvalue weighted by molar-refractivity contribution is 0.103. The summed E-state index contributed by atoms with van der Waals surface area (Å²) in [4.78, 5) is 17.4. The minimum absolute atomic E-state index is 0. The van der Waals surface area contributed by atoms with Crippen LogP contribution < -0.4 is 5.73 Å². The van der Waals surface area contributed by atoms with Gasteiger partial charge in [0.05, 0.1) is 11.1 Å². The second-order valence-electron chi connectivity index (χ2n) is 6.67. The molecule has 2 aromatic carbocycles. The van der Waals surface area contributed by atoms with Crippen LogP contribution >= 0.6 is 24.0 Å². The third kappa shape index (κ3) is 3.76. The van der Waals surface area contributed by atoms with E-state index in [4.69, 9.17) is 21.9 Å². The molecule has 1 aliphatic carbocycles. The Bertz CT molecular complexity index is 948. The van der Waals surface area contributed by atoms with Crippen molar-refractivity contribution in [1.82, 2.24) is 10.1 Å². The average molecular weight is 404 g/mol. The van der Waals surface area contributed by atoms with Crippen LogP contribution in [0.4, 0.5) is 0 Å². The first kappa shape index (κ1) is 19.5. The lowest BCUT2D eigenvalue weighted by Gasteiger charge is -2.17. The number of hydrogen-bond donors (Lipinski definition) is 1. The van der Waals surface area contributed by atoms with Gasteiger partial charge in [-0.05, 0) is 43.2 Å². The molecule has 0 bridgehead atoms. The lowest BCUT2D eigenvalue weighted by Crippen LogP contribution is -2.34. The number of carbonyl (C=O) groups excluding carboxylic acids is 1. The molecule has 27 heavy (non-hydrogen) atoms. The molecule has 1 heterocycles. The Morgan fingerprint density at radius 3 is 2.44 bits per heavy atom. The molecule has 1 aliphatic rings. The first-order chi connectivity index (χ1) is 12.6. The zero-order chi connectivity index (χ0) is 18.1. The number of benzene rings is 2. The van der Waals surface area contributed by atoms with E-state index in [0.29, 0.717) is 33.4 Å². The van der Waals surface area contributed by atoms with E-state index in [1.807, 2.05) is 12.1 Å². The summed E-state index contributed by atoms with van der Waals surface area (Å²) in [5.74, 6) is 0.703. The minimum atomic E-state index is -0.531. The largest absolute Gasteiger partial charge is 0.334 e. The number of aromatic nitrogens is 2. The SMILES string of the molecule is Cl.NC1(c2noc(-c3ccccc3C(=O)c3ccc(Cl)cc3)n2)CCCC1. The van der Waals surface area contributed by atoms with Gasteiger partial charge in [-0.1, -0.05) is 47.8 Å². The summed E-state index contributed by atoms with van der Waals surface area (Å²) in [6.07, 6.45) is 3.81. The van der Waals surface area contributed by atoms with E-state index < -0.39 is 5.54 Å². The van der Waals surface area contributed by atoms with Crippen molar-refractivity contribution in [2.45, 2.75) is 31.2 Å². The zero-order valence-electron chi connectivity index (χ0n) is 14.5. The summed E-state index contributed by atoms with van der Waals surface area (Å²) >= 11 is 5.91. The monoisotopic (exact) mass is 403 g/mol. The number of rotatable bonds is 4. The Morgan fingerprint density at radius 1 is 1.07 bits per heavy atom. The van der Waals surface area contributed by atoms with Gasteiger partial charge in [-0.2, -0.15) is 4.98 Å². The van der Waals surface area contributed by atoms with E-state index >= 15 is 0 Å². The molecule has 7 heteroatoms. The van der Waals surface area contributed by atoms with Gasteiger partial charge in [0.15, 0.2) is 11.6 Å². The highest BCUT2D eigenvalue weighted by atomic mass is 35.5. The van der Waals surface area contributed by atoms with Crippen molar-refractivity contribution in [2.24, 2.45) is 5.73 Å². The summed E-state index contributed by atoms with van der Waals surface area (Å²) in [6, 6.07) is 14.0. The smallest absolute Gasteiger partial charge is 0.258 e. The fraction of sp³-hybridized carbons (Fsp3) is 0.250. The van der Waals surface area contributed by atoms with Gasteiger partial charge in [-0.3, -0.25) is 4.79 Å². The zero-order valence-corrected chi connectivity index (χ0v) is 16.1. The molecule has 1 fully saturated rings. The molecule has 0 atom stereocenters. The van der Waals surface area contributed by atoms with Crippen molar-refractivity contribution in [1.29, 1.82) is 0 Å². The van der Waals surface area contributed by atoms with Gasteiger partial charge in [0.1, 0.15) is 0 Å². The highest BCUT2D eigenvalue weighted by molar-refractivity contribution is 6.30. The van der Waals surface area contributed by atoms with E-state index in [1.165, 1.54) is 0 Å². The fourth-order valence-electron chi connectivity index (χ4n) is 3.39. The van der Waals surface area contributed by atoms with Crippen molar-refractivity contribution >= 4 is 29.8 Å². The Labute approximate surface area is 168 Å². The number of ketones is 1. The highest BCUT2D eigenvalue weighted by Gasteiger charge is 2.36. The molecule has 1 saturated carbocycles. The summed E-state index contributed by atoms with van der Waals surface area (Å²) in [7, 11) is 0. The molecular formula is C20H19Cl2N3O2. The molecular weight excluding hydrogens is 385 g/mol.